The van der Waals surface area contributed by atoms with Crippen LogP contribution in [0.1, 0.15) is 0 Å². The van der Waals surface area contributed by atoms with Crippen molar-refractivity contribution in [3.05, 3.63) is 42.5 Å². The molecule has 4 nitrogen and oxygen atoms in total. The minimum atomic E-state index is -0.287. The number of anilines is 1. The Morgan fingerprint density at radius 3 is 2.59 bits per heavy atom. The van der Waals surface area contributed by atoms with Gasteiger partial charge in [0.2, 0.25) is 5.95 Å². The molecule has 88 valence electrons. The van der Waals surface area contributed by atoms with Gasteiger partial charge in [0.05, 0.1) is 6.61 Å². The largest absolute Gasteiger partial charge is 0.395 e. The lowest BCUT2D eigenvalue weighted by molar-refractivity contribution is 0.311. The van der Waals surface area contributed by atoms with Crippen molar-refractivity contribution in [3.8, 4) is 11.1 Å². The highest BCUT2D eigenvalue weighted by molar-refractivity contribution is 5.61. The third-order valence-corrected chi connectivity index (χ3v) is 2.20. The van der Waals surface area contributed by atoms with E-state index >= 15 is 0 Å². The summed E-state index contributed by atoms with van der Waals surface area (Å²) in [5.41, 5.74) is 1.48. The SMILES string of the molecule is OCCNc1ncc(-c2cccc(F)c2)cn1. The number of aliphatic hydroxyl groups is 1. The summed E-state index contributed by atoms with van der Waals surface area (Å²) in [5, 5.41) is 11.5. The molecular weight excluding hydrogens is 221 g/mol. The number of rotatable bonds is 4. The molecule has 0 saturated heterocycles. The number of nitrogens with zero attached hydrogens (tertiary/aromatic N) is 2. The fourth-order valence-electron chi connectivity index (χ4n) is 1.40. The maximum atomic E-state index is 13.0. The van der Waals surface area contributed by atoms with E-state index < -0.39 is 0 Å². The summed E-state index contributed by atoms with van der Waals surface area (Å²) in [7, 11) is 0. The fourth-order valence-corrected chi connectivity index (χ4v) is 1.40. The molecule has 1 aromatic heterocycles. The minimum absolute atomic E-state index is 0.0228. The third kappa shape index (κ3) is 2.98. The van der Waals surface area contributed by atoms with Gasteiger partial charge in [-0.15, -0.1) is 0 Å². The predicted octanol–water partition coefficient (Wildman–Crippen LogP) is 1.69. The maximum Gasteiger partial charge on any atom is 0.222 e. The third-order valence-electron chi connectivity index (χ3n) is 2.20. The Morgan fingerprint density at radius 2 is 1.94 bits per heavy atom. The lowest BCUT2D eigenvalue weighted by atomic mass is 10.1. The van der Waals surface area contributed by atoms with E-state index in [4.69, 9.17) is 5.11 Å². The first-order chi connectivity index (χ1) is 8.29. The Balaban J connectivity index is 2.17. The van der Waals surface area contributed by atoms with Gasteiger partial charge in [-0.2, -0.15) is 0 Å². The van der Waals surface area contributed by atoms with Crippen LogP contribution < -0.4 is 5.32 Å². The topological polar surface area (TPSA) is 58.0 Å². The molecule has 0 aliphatic rings. The summed E-state index contributed by atoms with van der Waals surface area (Å²) < 4.78 is 13.0. The van der Waals surface area contributed by atoms with Crippen LogP contribution in [0.4, 0.5) is 10.3 Å². The van der Waals surface area contributed by atoms with Gasteiger partial charge in [0.15, 0.2) is 0 Å². The van der Waals surface area contributed by atoms with Crippen LogP contribution in [0, 0.1) is 5.82 Å². The summed E-state index contributed by atoms with van der Waals surface area (Å²) >= 11 is 0. The first-order valence-corrected chi connectivity index (χ1v) is 5.22. The maximum absolute atomic E-state index is 13.0. The van der Waals surface area contributed by atoms with Crippen molar-refractivity contribution in [2.75, 3.05) is 18.5 Å². The number of benzene rings is 1. The van der Waals surface area contributed by atoms with E-state index in [9.17, 15) is 4.39 Å². The Labute approximate surface area is 98.2 Å². The summed E-state index contributed by atoms with van der Waals surface area (Å²) in [6, 6.07) is 6.26. The molecule has 0 spiro atoms. The molecule has 2 N–H and O–H groups in total. The van der Waals surface area contributed by atoms with Crippen molar-refractivity contribution in [3.63, 3.8) is 0 Å². The highest BCUT2D eigenvalue weighted by atomic mass is 19.1. The van der Waals surface area contributed by atoms with Gasteiger partial charge in [0, 0.05) is 24.5 Å². The Hall–Kier alpha value is -2.01. The highest BCUT2D eigenvalue weighted by Gasteiger charge is 2.01. The molecule has 0 aliphatic carbocycles. The van der Waals surface area contributed by atoms with Crippen molar-refractivity contribution in [2.24, 2.45) is 0 Å². The number of hydrogen-bond donors (Lipinski definition) is 2. The summed E-state index contributed by atoms with van der Waals surface area (Å²) in [4.78, 5) is 8.13. The molecule has 0 amide bonds. The van der Waals surface area contributed by atoms with Crippen LogP contribution in [-0.4, -0.2) is 28.2 Å². The van der Waals surface area contributed by atoms with Gasteiger partial charge in [-0.3, -0.25) is 0 Å². The first kappa shape index (κ1) is 11.5. The van der Waals surface area contributed by atoms with Crippen LogP contribution in [0.15, 0.2) is 36.7 Å². The molecule has 2 aromatic rings. The van der Waals surface area contributed by atoms with E-state index in [0.717, 1.165) is 11.1 Å². The van der Waals surface area contributed by atoms with E-state index in [-0.39, 0.29) is 12.4 Å². The molecule has 0 fully saturated rings. The second kappa shape index (κ2) is 5.36. The predicted molar refractivity (Wildman–Crippen MR) is 63.0 cm³/mol. The molecule has 1 heterocycles. The first-order valence-electron chi connectivity index (χ1n) is 5.22. The lowest BCUT2D eigenvalue weighted by Gasteiger charge is -2.04. The Morgan fingerprint density at radius 1 is 1.18 bits per heavy atom. The second-order valence-electron chi connectivity index (χ2n) is 3.46. The lowest BCUT2D eigenvalue weighted by Crippen LogP contribution is -2.08. The molecular formula is C12H12FN3O. The molecule has 0 bridgehead atoms. The Kier molecular flexibility index (Phi) is 3.62. The van der Waals surface area contributed by atoms with Gasteiger partial charge in [-0.25, -0.2) is 14.4 Å². The molecule has 2 rings (SSSR count). The fraction of sp³-hybridized carbons (Fsp3) is 0.167. The molecule has 0 atom stereocenters. The highest BCUT2D eigenvalue weighted by Crippen LogP contribution is 2.18. The molecule has 1 aromatic carbocycles. The van der Waals surface area contributed by atoms with E-state index in [1.54, 1.807) is 24.5 Å². The average Bonchev–Trinajstić information content (AvgIpc) is 2.37. The molecule has 17 heavy (non-hydrogen) atoms. The molecule has 0 unspecified atom stereocenters. The number of hydrogen-bond acceptors (Lipinski definition) is 4. The van der Waals surface area contributed by atoms with Crippen molar-refractivity contribution >= 4 is 5.95 Å². The number of aliphatic hydroxyl groups excluding tert-OH is 1. The quantitative estimate of drug-likeness (QED) is 0.843. The van der Waals surface area contributed by atoms with Gasteiger partial charge in [0.1, 0.15) is 5.82 Å². The van der Waals surface area contributed by atoms with Crippen LogP contribution in [0.25, 0.3) is 11.1 Å². The number of aromatic nitrogens is 2. The van der Waals surface area contributed by atoms with E-state index in [0.29, 0.717) is 12.5 Å². The summed E-state index contributed by atoms with van der Waals surface area (Å²) in [6.45, 7) is 0.425. The van der Waals surface area contributed by atoms with Crippen LogP contribution in [0.5, 0.6) is 0 Å². The van der Waals surface area contributed by atoms with Crippen LogP contribution in [0.2, 0.25) is 0 Å². The normalized spacial score (nSPS) is 10.2. The zero-order valence-corrected chi connectivity index (χ0v) is 9.10. The smallest absolute Gasteiger partial charge is 0.222 e. The van der Waals surface area contributed by atoms with Gasteiger partial charge < -0.3 is 10.4 Å². The average molecular weight is 233 g/mol. The monoisotopic (exact) mass is 233 g/mol. The Bertz CT molecular complexity index is 487. The molecule has 0 saturated carbocycles. The zero-order chi connectivity index (χ0) is 12.1. The van der Waals surface area contributed by atoms with Gasteiger partial charge >= 0.3 is 0 Å². The van der Waals surface area contributed by atoms with E-state index in [1.807, 2.05) is 0 Å². The number of halogens is 1. The van der Waals surface area contributed by atoms with E-state index in [1.165, 1.54) is 12.1 Å². The summed E-state index contributed by atoms with van der Waals surface area (Å²) in [6.07, 6.45) is 3.23. The van der Waals surface area contributed by atoms with Gasteiger partial charge in [-0.1, -0.05) is 12.1 Å². The van der Waals surface area contributed by atoms with Crippen LogP contribution in [0.3, 0.4) is 0 Å². The zero-order valence-electron chi connectivity index (χ0n) is 9.10. The van der Waals surface area contributed by atoms with Crippen molar-refractivity contribution in [2.45, 2.75) is 0 Å². The van der Waals surface area contributed by atoms with Crippen molar-refractivity contribution < 1.29 is 9.50 Å². The van der Waals surface area contributed by atoms with Crippen molar-refractivity contribution in [1.82, 2.24) is 9.97 Å². The number of nitrogens with one attached hydrogen (secondary N) is 1. The molecule has 0 radical (unpaired) electrons. The van der Waals surface area contributed by atoms with Crippen molar-refractivity contribution in [1.29, 1.82) is 0 Å². The van der Waals surface area contributed by atoms with Crippen LogP contribution >= 0.6 is 0 Å². The van der Waals surface area contributed by atoms with E-state index in [2.05, 4.69) is 15.3 Å². The molecule has 0 aliphatic heterocycles. The van der Waals surface area contributed by atoms with Crippen LogP contribution in [-0.2, 0) is 0 Å². The standard InChI is InChI=1S/C12H12FN3O/c13-11-3-1-2-9(6-11)10-7-15-12(16-8-10)14-4-5-17/h1-3,6-8,17H,4-5H2,(H,14,15,16). The minimum Gasteiger partial charge on any atom is -0.395 e. The summed E-state index contributed by atoms with van der Waals surface area (Å²) in [5.74, 6) is 0.157. The molecule has 5 heteroatoms. The van der Waals surface area contributed by atoms with Gasteiger partial charge in [0.25, 0.3) is 0 Å². The second-order valence-corrected chi connectivity index (χ2v) is 3.46. The van der Waals surface area contributed by atoms with Gasteiger partial charge in [-0.05, 0) is 17.7 Å².